The number of hydrogen-bond donors (Lipinski definition) is 1. The standard InChI is InChI=1S/C15H21NO3/c1-3-19-14-9-5-4-7-12(14)11(2)16-10-6-8-13(16)15(17)18/h4-5,7,9,11,13H,3,6,8,10H2,1-2H3,(H,17,18). The zero-order valence-electron chi connectivity index (χ0n) is 11.5. The van der Waals surface area contributed by atoms with Gasteiger partial charge in [-0.15, -0.1) is 0 Å². The normalized spacial score (nSPS) is 21.3. The lowest BCUT2D eigenvalue weighted by Crippen LogP contribution is -2.37. The van der Waals surface area contributed by atoms with Gasteiger partial charge in [-0.25, -0.2) is 0 Å². The molecule has 1 saturated heterocycles. The molecule has 1 aliphatic heterocycles. The Labute approximate surface area is 114 Å². The summed E-state index contributed by atoms with van der Waals surface area (Å²) in [5.41, 5.74) is 1.07. The maximum atomic E-state index is 11.3. The zero-order valence-corrected chi connectivity index (χ0v) is 11.5. The van der Waals surface area contributed by atoms with Crippen molar-refractivity contribution in [3.63, 3.8) is 0 Å². The van der Waals surface area contributed by atoms with Crippen LogP contribution in [0, 0.1) is 0 Å². The van der Waals surface area contributed by atoms with Gasteiger partial charge in [0.15, 0.2) is 0 Å². The summed E-state index contributed by atoms with van der Waals surface area (Å²) in [4.78, 5) is 13.3. The molecule has 19 heavy (non-hydrogen) atoms. The third-order valence-corrected chi connectivity index (χ3v) is 3.75. The summed E-state index contributed by atoms with van der Waals surface area (Å²) < 4.78 is 5.64. The Morgan fingerprint density at radius 3 is 2.95 bits per heavy atom. The highest BCUT2D eigenvalue weighted by Crippen LogP contribution is 2.34. The minimum absolute atomic E-state index is 0.0614. The molecule has 0 bridgehead atoms. The van der Waals surface area contributed by atoms with Crippen LogP contribution in [0.3, 0.4) is 0 Å². The Morgan fingerprint density at radius 2 is 2.26 bits per heavy atom. The van der Waals surface area contributed by atoms with Crippen LogP contribution in [0.4, 0.5) is 0 Å². The van der Waals surface area contributed by atoms with Crippen molar-refractivity contribution in [3.05, 3.63) is 29.8 Å². The van der Waals surface area contributed by atoms with Gasteiger partial charge in [-0.2, -0.15) is 0 Å². The van der Waals surface area contributed by atoms with Crippen LogP contribution < -0.4 is 4.74 Å². The highest BCUT2D eigenvalue weighted by molar-refractivity contribution is 5.74. The second-order valence-electron chi connectivity index (χ2n) is 4.88. The molecule has 0 saturated carbocycles. The number of benzene rings is 1. The SMILES string of the molecule is CCOc1ccccc1C(C)N1CCCC1C(=O)O. The van der Waals surface area contributed by atoms with E-state index < -0.39 is 5.97 Å². The Kier molecular flexibility index (Phi) is 4.43. The van der Waals surface area contributed by atoms with Crippen molar-refractivity contribution in [2.75, 3.05) is 13.2 Å². The summed E-state index contributed by atoms with van der Waals surface area (Å²) in [6.07, 6.45) is 1.68. The predicted octanol–water partition coefficient (Wildman–Crippen LogP) is 2.70. The van der Waals surface area contributed by atoms with E-state index in [0.29, 0.717) is 6.61 Å². The van der Waals surface area contributed by atoms with E-state index in [4.69, 9.17) is 4.74 Å². The van der Waals surface area contributed by atoms with Crippen molar-refractivity contribution in [1.29, 1.82) is 0 Å². The molecule has 0 aliphatic carbocycles. The second-order valence-corrected chi connectivity index (χ2v) is 4.88. The van der Waals surface area contributed by atoms with E-state index >= 15 is 0 Å². The molecule has 1 N–H and O–H groups in total. The zero-order chi connectivity index (χ0) is 13.8. The van der Waals surface area contributed by atoms with Crippen LogP contribution in [0.15, 0.2) is 24.3 Å². The van der Waals surface area contributed by atoms with Crippen LogP contribution in [0.5, 0.6) is 5.75 Å². The first kappa shape index (κ1) is 13.9. The van der Waals surface area contributed by atoms with Gasteiger partial charge in [-0.1, -0.05) is 18.2 Å². The molecule has 0 aromatic heterocycles. The van der Waals surface area contributed by atoms with Gasteiger partial charge in [0.25, 0.3) is 0 Å². The van der Waals surface area contributed by atoms with E-state index in [0.717, 1.165) is 30.7 Å². The van der Waals surface area contributed by atoms with E-state index in [2.05, 4.69) is 11.8 Å². The van der Waals surface area contributed by atoms with Crippen molar-refractivity contribution < 1.29 is 14.6 Å². The highest BCUT2D eigenvalue weighted by atomic mass is 16.5. The molecule has 4 nitrogen and oxygen atoms in total. The summed E-state index contributed by atoms with van der Waals surface area (Å²) in [6.45, 7) is 5.46. The molecule has 1 heterocycles. The Morgan fingerprint density at radius 1 is 1.53 bits per heavy atom. The van der Waals surface area contributed by atoms with Crippen LogP contribution in [-0.2, 0) is 4.79 Å². The Bertz CT molecular complexity index is 447. The third-order valence-electron chi connectivity index (χ3n) is 3.75. The smallest absolute Gasteiger partial charge is 0.320 e. The molecule has 1 aromatic rings. The summed E-state index contributed by atoms with van der Waals surface area (Å²) in [7, 11) is 0. The van der Waals surface area contributed by atoms with Gasteiger partial charge < -0.3 is 9.84 Å². The van der Waals surface area contributed by atoms with E-state index in [1.54, 1.807) is 0 Å². The van der Waals surface area contributed by atoms with Crippen LogP contribution in [0.25, 0.3) is 0 Å². The summed E-state index contributed by atoms with van der Waals surface area (Å²) in [6, 6.07) is 7.57. The number of carbonyl (C=O) groups is 1. The fourth-order valence-corrected chi connectivity index (χ4v) is 2.81. The molecule has 0 amide bonds. The first-order valence-electron chi connectivity index (χ1n) is 6.85. The molecule has 2 unspecified atom stereocenters. The lowest BCUT2D eigenvalue weighted by atomic mass is 10.0. The van der Waals surface area contributed by atoms with Gasteiger partial charge in [0.05, 0.1) is 6.61 Å². The largest absolute Gasteiger partial charge is 0.494 e. The number of nitrogens with zero attached hydrogens (tertiary/aromatic N) is 1. The quantitative estimate of drug-likeness (QED) is 0.887. The van der Waals surface area contributed by atoms with E-state index in [1.807, 2.05) is 31.2 Å². The molecule has 0 radical (unpaired) electrons. The van der Waals surface area contributed by atoms with Gasteiger partial charge in [-0.05, 0) is 39.3 Å². The number of aliphatic carboxylic acids is 1. The molecular weight excluding hydrogens is 242 g/mol. The van der Waals surface area contributed by atoms with Crippen LogP contribution in [0.2, 0.25) is 0 Å². The number of para-hydroxylation sites is 1. The van der Waals surface area contributed by atoms with Crippen LogP contribution in [0.1, 0.15) is 38.3 Å². The molecule has 1 aliphatic rings. The molecular formula is C15H21NO3. The number of ether oxygens (including phenoxy) is 1. The van der Waals surface area contributed by atoms with Crippen molar-refractivity contribution in [2.45, 2.75) is 38.8 Å². The Balaban J connectivity index is 2.23. The first-order chi connectivity index (χ1) is 9.15. The summed E-state index contributed by atoms with van der Waals surface area (Å²) in [5, 5.41) is 9.28. The second kappa shape index (κ2) is 6.06. The number of likely N-dealkylation sites (tertiary alicyclic amines) is 1. The molecule has 1 fully saturated rings. The summed E-state index contributed by atoms with van der Waals surface area (Å²) in [5.74, 6) is 0.131. The van der Waals surface area contributed by atoms with Crippen molar-refractivity contribution >= 4 is 5.97 Å². The van der Waals surface area contributed by atoms with Crippen LogP contribution >= 0.6 is 0 Å². The molecule has 0 spiro atoms. The number of hydrogen-bond acceptors (Lipinski definition) is 3. The predicted molar refractivity (Wildman–Crippen MR) is 73.4 cm³/mol. The lowest BCUT2D eigenvalue weighted by Gasteiger charge is -2.29. The average molecular weight is 263 g/mol. The fourth-order valence-electron chi connectivity index (χ4n) is 2.81. The van der Waals surface area contributed by atoms with Crippen molar-refractivity contribution in [2.24, 2.45) is 0 Å². The maximum absolute atomic E-state index is 11.3. The molecule has 1 aromatic carbocycles. The van der Waals surface area contributed by atoms with Crippen molar-refractivity contribution in [1.82, 2.24) is 4.90 Å². The first-order valence-corrected chi connectivity index (χ1v) is 6.85. The van der Waals surface area contributed by atoms with Gasteiger partial charge in [0, 0.05) is 11.6 Å². The molecule has 4 heteroatoms. The van der Waals surface area contributed by atoms with E-state index in [-0.39, 0.29) is 12.1 Å². The topological polar surface area (TPSA) is 49.8 Å². The van der Waals surface area contributed by atoms with Gasteiger partial charge in [-0.3, -0.25) is 9.69 Å². The minimum atomic E-state index is -0.724. The number of carboxylic acid groups (broad SMARTS) is 1. The third kappa shape index (κ3) is 2.89. The van der Waals surface area contributed by atoms with Crippen LogP contribution in [-0.4, -0.2) is 35.2 Å². The van der Waals surface area contributed by atoms with Gasteiger partial charge in [0.2, 0.25) is 0 Å². The average Bonchev–Trinajstić information content (AvgIpc) is 2.88. The van der Waals surface area contributed by atoms with Crippen molar-refractivity contribution in [3.8, 4) is 5.75 Å². The highest BCUT2D eigenvalue weighted by Gasteiger charge is 2.34. The minimum Gasteiger partial charge on any atom is -0.494 e. The number of rotatable bonds is 5. The van der Waals surface area contributed by atoms with Gasteiger partial charge in [0.1, 0.15) is 11.8 Å². The molecule has 104 valence electrons. The fraction of sp³-hybridized carbons (Fsp3) is 0.533. The monoisotopic (exact) mass is 263 g/mol. The van der Waals surface area contributed by atoms with E-state index in [9.17, 15) is 9.90 Å². The molecule has 2 rings (SSSR count). The maximum Gasteiger partial charge on any atom is 0.320 e. The Hall–Kier alpha value is -1.55. The molecule has 2 atom stereocenters. The summed E-state index contributed by atoms with van der Waals surface area (Å²) >= 11 is 0. The number of carboxylic acids is 1. The lowest BCUT2D eigenvalue weighted by molar-refractivity contribution is -0.142. The van der Waals surface area contributed by atoms with E-state index in [1.165, 1.54) is 0 Å². The van der Waals surface area contributed by atoms with Gasteiger partial charge >= 0.3 is 5.97 Å².